The Labute approximate surface area is 155 Å². The van der Waals surface area contributed by atoms with Gasteiger partial charge in [0, 0.05) is 4.70 Å². The van der Waals surface area contributed by atoms with E-state index in [1.54, 1.807) is 6.07 Å². The molecule has 0 saturated carbocycles. The number of hydrogen-bond donors (Lipinski definition) is 1. The van der Waals surface area contributed by atoms with Crippen molar-refractivity contribution in [2.45, 2.75) is 0 Å². The van der Waals surface area contributed by atoms with E-state index in [0.29, 0.717) is 20.2 Å². The molecule has 1 amide bonds. The molecule has 0 bridgehead atoms. The van der Waals surface area contributed by atoms with Gasteiger partial charge in [-0.15, -0.1) is 11.3 Å². The van der Waals surface area contributed by atoms with Crippen LogP contribution in [0, 0.1) is 5.82 Å². The summed E-state index contributed by atoms with van der Waals surface area (Å²) in [5.74, 6) is -1.41. The van der Waals surface area contributed by atoms with Gasteiger partial charge in [-0.05, 0) is 35.7 Å². The molecule has 0 aliphatic rings. The second-order valence-electron chi connectivity index (χ2n) is 5.40. The van der Waals surface area contributed by atoms with Crippen LogP contribution in [-0.4, -0.2) is 23.5 Å². The first-order chi connectivity index (χ1) is 12.6. The van der Waals surface area contributed by atoms with Crippen molar-refractivity contribution in [2.24, 2.45) is 0 Å². The number of amides is 1. The highest BCUT2D eigenvalue weighted by atomic mass is 32.1. The van der Waals surface area contributed by atoms with E-state index in [9.17, 15) is 14.0 Å². The van der Waals surface area contributed by atoms with E-state index >= 15 is 0 Å². The van der Waals surface area contributed by atoms with Crippen molar-refractivity contribution >= 4 is 60.0 Å². The van der Waals surface area contributed by atoms with Gasteiger partial charge in [-0.25, -0.2) is 14.2 Å². The third kappa shape index (κ3) is 3.42. The average molecular weight is 386 g/mol. The summed E-state index contributed by atoms with van der Waals surface area (Å²) < 4.78 is 19.9. The van der Waals surface area contributed by atoms with Crippen LogP contribution in [0.15, 0.2) is 48.5 Å². The number of anilines is 1. The number of halogens is 1. The van der Waals surface area contributed by atoms with Crippen LogP contribution in [0.4, 0.5) is 9.52 Å². The van der Waals surface area contributed by atoms with Crippen LogP contribution in [0.5, 0.6) is 0 Å². The summed E-state index contributed by atoms with van der Waals surface area (Å²) in [7, 11) is 0. The van der Waals surface area contributed by atoms with Crippen LogP contribution >= 0.6 is 22.7 Å². The Morgan fingerprint density at radius 3 is 2.77 bits per heavy atom. The molecule has 2 aromatic carbocycles. The largest absolute Gasteiger partial charge is 0.451 e. The van der Waals surface area contributed by atoms with E-state index in [1.807, 2.05) is 24.3 Å². The summed E-state index contributed by atoms with van der Waals surface area (Å²) in [6.45, 7) is -0.419. The number of thiophene rings is 1. The summed E-state index contributed by atoms with van der Waals surface area (Å²) >= 11 is 2.47. The molecular formula is C18H11FN2O3S2. The van der Waals surface area contributed by atoms with Gasteiger partial charge >= 0.3 is 5.97 Å². The number of ether oxygens (including phenoxy) is 1. The molecule has 0 unspecified atom stereocenters. The number of carbonyl (C=O) groups excluding carboxylic acids is 2. The molecule has 0 fully saturated rings. The molecule has 8 heteroatoms. The van der Waals surface area contributed by atoms with E-state index < -0.39 is 18.5 Å². The first-order valence-electron chi connectivity index (χ1n) is 7.60. The summed E-state index contributed by atoms with van der Waals surface area (Å²) in [6.07, 6.45) is 0. The molecule has 1 N–H and O–H groups in total. The quantitative estimate of drug-likeness (QED) is 0.526. The van der Waals surface area contributed by atoms with E-state index in [0.717, 1.165) is 21.4 Å². The summed E-state index contributed by atoms with van der Waals surface area (Å²) in [4.78, 5) is 28.7. The van der Waals surface area contributed by atoms with E-state index in [1.165, 1.54) is 29.5 Å². The fourth-order valence-electron chi connectivity index (χ4n) is 2.39. The van der Waals surface area contributed by atoms with Crippen LogP contribution in [0.2, 0.25) is 0 Å². The molecule has 0 aliphatic carbocycles. The van der Waals surface area contributed by atoms with E-state index in [-0.39, 0.29) is 5.82 Å². The molecule has 0 spiro atoms. The zero-order valence-electron chi connectivity index (χ0n) is 13.2. The number of carbonyl (C=O) groups is 2. The Kier molecular flexibility index (Phi) is 4.36. The summed E-state index contributed by atoms with van der Waals surface area (Å²) in [6, 6.07) is 13.5. The van der Waals surface area contributed by atoms with Crippen molar-refractivity contribution < 1.29 is 18.7 Å². The molecule has 4 rings (SSSR count). The molecule has 2 aromatic heterocycles. The predicted molar refractivity (Wildman–Crippen MR) is 100 cm³/mol. The zero-order valence-corrected chi connectivity index (χ0v) is 14.8. The van der Waals surface area contributed by atoms with Gasteiger partial charge in [0.25, 0.3) is 5.91 Å². The zero-order chi connectivity index (χ0) is 18.1. The number of benzene rings is 2. The minimum atomic E-state index is -0.548. The van der Waals surface area contributed by atoms with Crippen LogP contribution in [0.3, 0.4) is 0 Å². The fraction of sp³-hybridized carbons (Fsp3) is 0.0556. The van der Waals surface area contributed by atoms with Gasteiger partial charge < -0.3 is 4.74 Å². The standard InChI is InChI=1S/C18H11FN2O3S2/c19-11-5-6-12-14(8-11)26-18(20-12)21-16(22)9-24-17(23)15-7-10-3-1-2-4-13(10)25-15/h1-8H,9H2,(H,20,21,22). The van der Waals surface area contributed by atoms with Gasteiger partial charge in [-0.3, -0.25) is 10.1 Å². The fourth-order valence-corrected chi connectivity index (χ4v) is 4.26. The molecule has 2 heterocycles. The minimum Gasteiger partial charge on any atom is -0.451 e. The third-order valence-corrected chi connectivity index (χ3v) is 5.59. The van der Waals surface area contributed by atoms with Crippen molar-refractivity contribution in [3.05, 3.63) is 59.2 Å². The highest BCUT2D eigenvalue weighted by molar-refractivity contribution is 7.22. The van der Waals surface area contributed by atoms with Crippen LogP contribution in [-0.2, 0) is 9.53 Å². The molecule has 26 heavy (non-hydrogen) atoms. The lowest BCUT2D eigenvalue weighted by molar-refractivity contribution is -0.119. The number of esters is 1. The smallest absolute Gasteiger partial charge is 0.348 e. The van der Waals surface area contributed by atoms with Gasteiger partial charge in [0.1, 0.15) is 10.7 Å². The number of hydrogen-bond acceptors (Lipinski definition) is 6. The Morgan fingerprint density at radius 1 is 1.08 bits per heavy atom. The molecule has 130 valence electrons. The molecule has 0 aliphatic heterocycles. The van der Waals surface area contributed by atoms with Crippen molar-refractivity contribution in [2.75, 3.05) is 11.9 Å². The molecule has 5 nitrogen and oxygen atoms in total. The van der Waals surface area contributed by atoms with Gasteiger partial charge in [-0.2, -0.15) is 0 Å². The van der Waals surface area contributed by atoms with Crippen LogP contribution < -0.4 is 5.32 Å². The summed E-state index contributed by atoms with van der Waals surface area (Å²) in [5, 5.41) is 3.84. The Morgan fingerprint density at radius 2 is 1.92 bits per heavy atom. The number of aromatic nitrogens is 1. The van der Waals surface area contributed by atoms with Gasteiger partial charge in [-0.1, -0.05) is 29.5 Å². The van der Waals surface area contributed by atoms with Gasteiger partial charge in [0.05, 0.1) is 10.2 Å². The monoisotopic (exact) mass is 386 g/mol. The first-order valence-corrected chi connectivity index (χ1v) is 9.23. The lowest BCUT2D eigenvalue weighted by Crippen LogP contribution is -2.20. The maximum absolute atomic E-state index is 13.2. The van der Waals surface area contributed by atoms with E-state index in [2.05, 4.69) is 10.3 Å². The summed E-state index contributed by atoms with van der Waals surface area (Å²) in [5.41, 5.74) is 0.592. The average Bonchev–Trinajstić information content (AvgIpc) is 3.22. The molecular weight excluding hydrogens is 375 g/mol. The van der Waals surface area contributed by atoms with Gasteiger partial charge in [0.15, 0.2) is 11.7 Å². The Hall–Kier alpha value is -2.84. The Balaban J connectivity index is 1.38. The lowest BCUT2D eigenvalue weighted by atomic mass is 10.2. The number of thiazole rings is 1. The SMILES string of the molecule is O=C(COC(=O)c1cc2ccccc2s1)Nc1nc2ccc(F)cc2s1. The van der Waals surface area contributed by atoms with Crippen LogP contribution in [0.25, 0.3) is 20.3 Å². The number of nitrogens with zero attached hydrogens (tertiary/aromatic N) is 1. The maximum atomic E-state index is 13.2. The molecule has 0 atom stereocenters. The second-order valence-corrected chi connectivity index (χ2v) is 7.52. The first kappa shape index (κ1) is 16.6. The minimum absolute atomic E-state index is 0.327. The predicted octanol–water partition coefficient (Wildman–Crippen LogP) is 4.45. The normalized spacial score (nSPS) is 11.0. The van der Waals surface area contributed by atoms with Crippen molar-refractivity contribution in [3.8, 4) is 0 Å². The van der Waals surface area contributed by atoms with E-state index in [4.69, 9.17) is 4.74 Å². The number of fused-ring (bicyclic) bond motifs is 2. The maximum Gasteiger partial charge on any atom is 0.348 e. The molecule has 4 aromatic rings. The molecule has 0 radical (unpaired) electrons. The number of rotatable bonds is 4. The highest BCUT2D eigenvalue weighted by Crippen LogP contribution is 2.27. The Bertz CT molecular complexity index is 1100. The van der Waals surface area contributed by atoms with Crippen LogP contribution in [0.1, 0.15) is 9.67 Å². The van der Waals surface area contributed by atoms with Crippen molar-refractivity contribution in [3.63, 3.8) is 0 Å². The van der Waals surface area contributed by atoms with Gasteiger partial charge in [0.2, 0.25) is 0 Å². The molecule has 0 saturated heterocycles. The topological polar surface area (TPSA) is 68.3 Å². The van der Waals surface area contributed by atoms with Crippen molar-refractivity contribution in [1.82, 2.24) is 4.98 Å². The third-order valence-electron chi connectivity index (χ3n) is 3.56. The number of nitrogens with one attached hydrogen (secondary N) is 1. The second kappa shape index (κ2) is 6.81. The highest BCUT2D eigenvalue weighted by Gasteiger charge is 2.14. The van der Waals surface area contributed by atoms with Crippen molar-refractivity contribution in [1.29, 1.82) is 0 Å². The lowest BCUT2D eigenvalue weighted by Gasteiger charge is -2.02.